The number of carbonyl (C=O) groups excluding carboxylic acids is 1. The summed E-state index contributed by atoms with van der Waals surface area (Å²) in [5.41, 5.74) is 11.4. The van der Waals surface area contributed by atoms with E-state index in [0.29, 0.717) is 0 Å². The minimum atomic E-state index is -0.0622. The van der Waals surface area contributed by atoms with E-state index in [1.165, 1.54) is 30.9 Å². The maximum atomic E-state index is 10.9. The zero-order valence-electron chi connectivity index (χ0n) is 8.47. The van der Waals surface area contributed by atoms with Gasteiger partial charge in [0.15, 0.2) is 0 Å². The number of hydrazone groups is 1. The molecule has 0 atom stereocenters. The summed E-state index contributed by atoms with van der Waals surface area (Å²) in [6.07, 6.45) is 4.66. The number of amidine groups is 1. The molecule has 4 nitrogen and oxygen atoms in total. The van der Waals surface area contributed by atoms with Crippen LogP contribution < -0.4 is 11.2 Å². The Morgan fingerprint density at radius 1 is 1.43 bits per heavy atom. The van der Waals surface area contributed by atoms with Gasteiger partial charge in [-0.05, 0) is 31.3 Å². The van der Waals surface area contributed by atoms with Crippen LogP contribution in [0.15, 0.2) is 11.1 Å². The van der Waals surface area contributed by atoms with Crippen LogP contribution >= 0.6 is 0 Å². The van der Waals surface area contributed by atoms with Gasteiger partial charge in [-0.3, -0.25) is 10.5 Å². The minimum absolute atomic E-state index is 0.0622. The van der Waals surface area contributed by atoms with Crippen molar-refractivity contribution in [2.45, 2.75) is 32.6 Å². The SMILES string of the molecule is CC(=O)N[N+]1=C(N)C2=C(CCCC2)C1. The molecular formula is C10H16N3O+. The zero-order chi connectivity index (χ0) is 10.1. The largest absolute Gasteiger partial charge is 0.294 e. The van der Waals surface area contributed by atoms with Gasteiger partial charge in [0, 0.05) is 12.5 Å². The lowest BCUT2D eigenvalue weighted by molar-refractivity contribution is -0.563. The number of carbonyl (C=O) groups is 1. The molecule has 1 aliphatic heterocycles. The summed E-state index contributed by atoms with van der Waals surface area (Å²) >= 11 is 0. The quantitative estimate of drug-likeness (QED) is 0.589. The van der Waals surface area contributed by atoms with Crippen LogP contribution in [0.1, 0.15) is 32.6 Å². The number of hydrogen-bond donors (Lipinski definition) is 2. The number of hydrogen-bond acceptors (Lipinski definition) is 2. The number of nitrogens with one attached hydrogen (secondary N) is 1. The van der Waals surface area contributed by atoms with Crippen molar-refractivity contribution in [1.82, 2.24) is 5.43 Å². The van der Waals surface area contributed by atoms with Crippen molar-refractivity contribution in [1.29, 1.82) is 0 Å². The average molecular weight is 194 g/mol. The number of amides is 1. The van der Waals surface area contributed by atoms with Gasteiger partial charge in [-0.1, -0.05) is 0 Å². The molecule has 0 aromatic rings. The summed E-state index contributed by atoms with van der Waals surface area (Å²) < 4.78 is 1.76. The molecule has 0 saturated heterocycles. The molecule has 0 saturated carbocycles. The molecule has 1 heterocycles. The van der Waals surface area contributed by atoms with Crippen LogP contribution in [0.4, 0.5) is 0 Å². The highest BCUT2D eigenvalue weighted by molar-refractivity contribution is 5.95. The van der Waals surface area contributed by atoms with Crippen LogP contribution in [0.2, 0.25) is 0 Å². The molecule has 4 heteroatoms. The topological polar surface area (TPSA) is 58.1 Å². The summed E-state index contributed by atoms with van der Waals surface area (Å²) in [7, 11) is 0. The lowest BCUT2D eigenvalue weighted by Crippen LogP contribution is -2.38. The highest BCUT2D eigenvalue weighted by Gasteiger charge is 2.29. The smallest absolute Gasteiger partial charge is 0.285 e. The molecule has 0 radical (unpaired) electrons. The molecule has 0 fully saturated rings. The summed E-state index contributed by atoms with van der Waals surface area (Å²) in [5.74, 6) is 0.683. The van der Waals surface area contributed by atoms with E-state index in [1.54, 1.807) is 4.68 Å². The zero-order valence-corrected chi connectivity index (χ0v) is 8.47. The first-order valence-electron chi connectivity index (χ1n) is 5.07. The van der Waals surface area contributed by atoms with Crippen LogP contribution in [-0.2, 0) is 4.79 Å². The predicted octanol–water partition coefficient (Wildman–Crippen LogP) is 0.291. The van der Waals surface area contributed by atoms with Crippen molar-refractivity contribution in [3.63, 3.8) is 0 Å². The number of nitrogens with zero attached hydrogens (tertiary/aromatic N) is 1. The van der Waals surface area contributed by atoms with Crippen molar-refractivity contribution in [3.8, 4) is 0 Å². The Morgan fingerprint density at radius 3 is 2.79 bits per heavy atom. The average Bonchev–Trinajstić information content (AvgIpc) is 2.44. The molecule has 2 rings (SSSR count). The van der Waals surface area contributed by atoms with Crippen molar-refractivity contribution in [3.05, 3.63) is 11.1 Å². The molecule has 14 heavy (non-hydrogen) atoms. The molecule has 0 unspecified atom stereocenters. The molecule has 0 aromatic heterocycles. The van der Waals surface area contributed by atoms with Gasteiger partial charge in [0.25, 0.3) is 11.7 Å². The maximum absolute atomic E-state index is 10.9. The minimum Gasteiger partial charge on any atom is -0.285 e. The molecule has 0 spiro atoms. The summed E-state index contributed by atoms with van der Waals surface area (Å²) in [5, 5.41) is 0. The predicted molar refractivity (Wildman–Crippen MR) is 53.6 cm³/mol. The van der Waals surface area contributed by atoms with Gasteiger partial charge >= 0.3 is 0 Å². The van der Waals surface area contributed by atoms with E-state index >= 15 is 0 Å². The van der Waals surface area contributed by atoms with Crippen molar-refractivity contribution in [2.75, 3.05) is 6.54 Å². The van der Waals surface area contributed by atoms with Crippen LogP contribution in [-0.4, -0.2) is 23.0 Å². The molecule has 76 valence electrons. The molecule has 1 aliphatic carbocycles. The second-order valence-corrected chi connectivity index (χ2v) is 3.93. The van der Waals surface area contributed by atoms with E-state index in [9.17, 15) is 4.79 Å². The highest BCUT2D eigenvalue weighted by atomic mass is 16.2. The van der Waals surface area contributed by atoms with Gasteiger partial charge in [-0.15, -0.1) is 0 Å². The first kappa shape index (κ1) is 9.24. The summed E-state index contributed by atoms with van der Waals surface area (Å²) in [6.45, 7) is 2.28. The molecule has 3 N–H and O–H groups in total. The van der Waals surface area contributed by atoms with Gasteiger partial charge in [0.1, 0.15) is 6.54 Å². The van der Waals surface area contributed by atoms with Crippen LogP contribution in [0.3, 0.4) is 0 Å². The normalized spacial score (nSPS) is 21.2. The lowest BCUT2D eigenvalue weighted by atomic mass is 9.93. The highest BCUT2D eigenvalue weighted by Crippen LogP contribution is 2.27. The van der Waals surface area contributed by atoms with E-state index in [2.05, 4.69) is 5.43 Å². The molecule has 0 aromatic carbocycles. The second-order valence-electron chi connectivity index (χ2n) is 3.93. The van der Waals surface area contributed by atoms with E-state index in [4.69, 9.17) is 5.73 Å². The van der Waals surface area contributed by atoms with Gasteiger partial charge < -0.3 is 0 Å². The lowest BCUT2D eigenvalue weighted by Gasteiger charge is -2.09. The number of hydrazine groups is 1. The molecule has 1 amide bonds. The van der Waals surface area contributed by atoms with E-state index in [1.807, 2.05) is 0 Å². The van der Waals surface area contributed by atoms with Crippen LogP contribution in [0.5, 0.6) is 0 Å². The Kier molecular flexibility index (Phi) is 2.27. The Hall–Kier alpha value is -1.32. The third kappa shape index (κ3) is 1.52. The number of nitrogens with two attached hydrogens (primary N) is 1. The fourth-order valence-corrected chi connectivity index (χ4v) is 2.18. The molecular weight excluding hydrogens is 178 g/mol. The Morgan fingerprint density at radius 2 is 2.14 bits per heavy atom. The van der Waals surface area contributed by atoms with Gasteiger partial charge in [-0.25, -0.2) is 0 Å². The Bertz CT molecular complexity index is 341. The first-order chi connectivity index (χ1) is 6.68. The molecule has 0 bridgehead atoms. The third-order valence-corrected chi connectivity index (χ3v) is 2.82. The van der Waals surface area contributed by atoms with Crippen molar-refractivity contribution in [2.24, 2.45) is 5.73 Å². The number of rotatable bonds is 1. The third-order valence-electron chi connectivity index (χ3n) is 2.82. The van der Waals surface area contributed by atoms with Crippen LogP contribution in [0.25, 0.3) is 0 Å². The van der Waals surface area contributed by atoms with Crippen molar-refractivity contribution >= 4 is 11.7 Å². The maximum Gasteiger partial charge on any atom is 0.294 e. The van der Waals surface area contributed by atoms with Gasteiger partial charge in [0.05, 0.1) is 0 Å². The fourth-order valence-electron chi connectivity index (χ4n) is 2.18. The summed E-state index contributed by atoms with van der Waals surface area (Å²) in [6, 6.07) is 0. The first-order valence-corrected chi connectivity index (χ1v) is 5.07. The Labute approximate surface area is 83.4 Å². The van der Waals surface area contributed by atoms with Gasteiger partial charge in [0.2, 0.25) is 0 Å². The van der Waals surface area contributed by atoms with Crippen LogP contribution in [0, 0.1) is 0 Å². The standard InChI is InChI=1S/C10H15N3O/c1-7(14)12-13-6-8-4-2-3-5-9(8)10(13)11/h11H,2-6H2,1H3,(H,12,14)/p+1. The van der Waals surface area contributed by atoms with Gasteiger partial charge in [-0.2, -0.15) is 10.1 Å². The Balaban J connectivity index is 2.17. The fraction of sp³-hybridized carbons (Fsp3) is 0.600. The molecule has 2 aliphatic rings. The van der Waals surface area contributed by atoms with E-state index < -0.39 is 0 Å². The second kappa shape index (κ2) is 3.44. The van der Waals surface area contributed by atoms with Crippen molar-refractivity contribution < 1.29 is 9.48 Å². The van der Waals surface area contributed by atoms with E-state index in [-0.39, 0.29) is 5.91 Å². The monoisotopic (exact) mass is 194 g/mol. The van der Waals surface area contributed by atoms with E-state index in [0.717, 1.165) is 25.2 Å². The summed E-state index contributed by atoms with van der Waals surface area (Å²) in [4.78, 5) is 10.9.